The molecule has 0 heterocycles. The number of ketones is 1. The van der Waals surface area contributed by atoms with E-state index >= 15 is 0 Å². The molecule has 1 rings (SSSR count). The van der Waals surface area contributed by atoms with Gasteiger partial charge in [-0.1, -0.05) is 5.57 Å². The zero-order valence-corrected chi connectivity index (χ0v) is 7.98. The van der Waals surface area contributed by atoms with Crippen molar-refractivity contribution in [2.24, 2.45) is 0 Å². The van der Waals surface area contributed by atoms with E-state index in [0.717, 1.165) is 17.6 Å². The van der Waals surface area contributed by atoms with E-state index in [0.29, 0.717) is 6.42 Å². The normalized spacial score (nSPS) is 30.7. The van der Waals surface area contributed by atoms with Crippen molar-refractivity contribution in [1.29, 1.82) is 0 Å². The van der Waals surface area contributed by atoms with Crippen LogP contribution in [0.4, 0.5) is 0 Å². The van der Waals surface area contributed by atoms with Crippen molar-refractivity contribution in [2.75, 3.05) is 0 Å². The lowest BCUT2D eigenvalue weighted by Gasteiger charge is -2.28. The van der Waals surface area contributed by atoms with Crippen molar-refractivity contribution in [3.63, 3.8) is 0 Å². The lowest BCUT2D eigenvalue weighted by atomic mass is 9.81. The van der Waals surface area contributed by atoms with Crippen LogP contribution in [0.1, 0.15) is 40.0 Å². The van der Waals surface area contributed by atoms with E-state index in [1.54, 1.807) is 6.92 Å². The van der Waals surface area contributed by atoms with E-state index < -0.39 is 5.60 Å². The van der Waals surface area contributed by atoms with Gasteiger partial charge in [0.25, 0.3) is 0 Å². The topological polar surface area (TPSA) is 37.3 Å². The van der Waals surface area contributed by atoms with Gasteiger partial charge in [-0.15, -0.1) is 0 Å². The molecule has 2 nitrogen and oxygen atoms in total. The molecule has 0 amide bonds. The number of rotatable bonds is 0. The molecule has 0 bridgehead atoms. The molecule has 1 aliphatic rings. The minimum Gasteiger partial charge on any atom is -0.390 e. The van der Waals surface area contributed by atoms with Crippen LogP contribution in [0.5, 0.6) is 0 Å². The maximum atomic E-state index is 11.4. The fraction of sp³-hybridized carbons (Fsp3) is 0.700. The Morgan fingerprint density at radius 2 is 2.08 bits per heavy atom. The summed E-state index contributed by atoms with van der Waals surface area (Å²) in [6, 6.07) is 0. The van der Waals surface area contributed by atoms with E-state index in [1.807, 2.05) is 13.8 Å². The minimum atomic E-state index is -0.768. The molecule has 1 fully saturated rings. The summed E-state index contributed by atoms with van der Waals surface area (Å²) in [5, 5.41) is 9.60. The fourth-order valence-corrected chi connectivity index (χ4v) is 1.60. The van der Waals surface area contributed by atoms with Gasteiger partial charge in [0.2, 0.25) is 0 Å². The third-order valence-electron chi connectivity index (χ3n) is 2.40. The molecule has 1 aliphatic carbocycles. The lowest BCUT2D eigenvalue weighted by Crippen LogP contribution is -2.33. The first-order valence-corrected chi connectivity index (χ1v) is 4.34. The SMILES string of the molecule is CC(C)=C1CC[C@](C)(O)CC1=O. The van der Waals surface area contributed by atoms with Crippen molar-refractivity contribution in [2.45, 2.75) is 45.6 Å². The Hall–Kier alpha value is -0.630. The monoisotopic (exact) mass is 168 g/mol. The minimum absolute atomic E-state index is 0.117. The van der Waals surface area contributed by atoms with Crippen molar-refractivity contribution >= 4 is 5.78 Å². The molecule has 1 N–H and O–H groups in total. The molecular weight excluding hydrogens is 152 g/mol. The molecule has 0 aliphatic heterocycles. The highest BCUT2D eigenvalue weighted by atomic mass is 16.3. The van der Waals surface area contributed by atoms with E-state index in [9.17, 15) is 9.90 Å². The van der Waals surface area contributed by atoms with E-state index in [-0.39, 0.29) is 12.2 Å². The molecule has 0 aromatic rings. The van der Waals surface area contributed by atoms with Crippen LogP contribution in [0.3, 0.4) is 0 Å². The molecule has 68 valence electrons. The second kappa shape index (κ2) is 3.02. The van der Waals surface area contributed by atoms with Crippen molar-refractivity contribution in [3.05, 3.63) is 11.1 Å². The first-order chi connectivity index (χ1) is 5.42. The number of allylic oxidation sites excluding steroid dienone is 2. The van der Waals surface area contributed by atoms with Crippen LogP contribution in [0.15, 0.2) is 11.1 Å². The van der Waals surface area contributed by atoms with Crippen LogP contribution in [-0.2, 0) is 4.79 Å². The maximum absolute atomic E-state index is 11.4. The van der Waals surface area contributed by atoms with Gasteiger partial charge < -0.3 is 5.11 Å². The molecule has 12 heavy (non-hydrogen) atoms. The maximum Gasteiger partial charge on any atom is 0.161 e. The Balaban J connectivity index is 2.81. The number of Topliss-reactive ketones (excluding diaryl/α,β-unsaturated/α-hetero) is 1. The van der Waals surface area contributed by atoms with Crippen LogP contribution >= 0.6 is 0 Å². The van der Waals surface area contributed by atoms with Gasteiger partial charge in [-0.05, 0) is 39.2 Å². The number of aliphatic hydroxyl groups is 1. The number of carbonyl (C=O) groups excluding carboxylic acids is 1. The molecule has 0 spiro atoms. The van der Waals surface area contributed by atoms with Crippen LogP contribution in [-0.4, -0.2) is 16.5 Å². The Morgan fingerprint density at radius 3 is 2.50 bits per heavy atom. The van der Waals surface area contributed by atoms with E-state index in [2.05, 4.69) is 0 Å². The average Bonchev–Trinajstić information content (AvgIpc) is 1.83. The predicted molar refractivity (Wildman–Crippen MR) is 47.9 cm³/mol. The molecule has 1 atom stereocenters. The summed E-state index contributed by atoms with van der Waals surface area (Å²) in [6.07, 6.45) is 1.72. The van der Waals surface area contributed by atoms with Crippen LogP contribution in [0.25, 0.3) is 0 Å². The smallest absolute Gasteiger partial charge is 0.161 e. The highest BCUT2D eigenvalue weighted by Gasteiger charge is 2.31. The van der Waals surface area contributed by atoms with Crippen LogP contribution in [0.2, 0.25) is 0 Å². The van der Waals surface area contributed by atoms with Crippen LogP contribution in [0, 0.1) is 0 Å². The Morgan fingerprint density at radius 1 is 1.50 bits per heavy atom. The standard InChI is InChI=1S/C10H16O2/c1-7(2)8-4-5-10(3,12)6-9(8)11/h12H,4-6H2,1-3H3/t10-/m0/s1. The molecule has 0 unspecified atom stereocenters. The second-order valence-electron chi connectivity index (χ2n) is 4.08. The largest absolute Gasteiger partial charge is 0.390 e. The summed E-state index contributed by atoms with van der Waals surface area (Å²) < 4.78 is 0. The van der Waals surface area contributed by atoms with Gasteiger partial charge in [-0.25, -0.2) is 0 Å². The van der Waals surface area contributed by atoms with Gasteiger partial charge >= 0.3 is 0 Å². The van der Waals surface area contributed by atoms with Crippen LogP contribution < -0.4 is 0 Å². The molecular formula is C10H16O2. The molecule has 0 saturated heterocycles. The first kappa shape index (κ1) is 9.46. The van der Waals surface area contributed by atoms with Crippen molar-refractivity contribution < 1.29 is 9.90 Å². The highest BCUT2D eigenvalue weighted by molar-refractivity contribution is 5.97. The highest BCUT2D eigenvalue weighted by Crippen LogP contribution is 2.30. The van der Waals surface area contributed by atoms with Gasteiger partial charge in [0.1, 0.15) is 0 Å². The summed E-state index contributed by atoms with van der Waals surface area (Å²) >= 11 is 0. The molecule has 2 heteroatoms. The fourth-order valence-electron chi connectivity index (χ4n) is 1.60. The summed E-state index contributed by atoms with van der Waals surface area (Å²) in [5.41, 5.74) is 1.24. The third kappa shape index (κ3) is 1.95. The number of hydrogen-bond donors (Lipinski definition) is 1. The Bertz CT molecular complexity index is 232. The summed E-state index contributed by atoms with van der Waals surface area (Å²) in [5.74, 6) is 0.117. The molecule has 0 radical (unpaired) electrons. The number of carbonyl (C=O) groups is 1. The second-order valence-corrected chi connectivity index (χ2v) is 4.08. The summed E-state index contributed by atoms with van der Waals surface area (Å²) in [7, 11) is 0. The van der Waals surface area contributed by atoms with Gasteiger partial charge in [-0.3, -0.25) is 4.79 Å². The summed E-state index contributed by atoms with van der Waals surface area (Å²) in [4.78, 5) is 11.4. The third-order valence-corrected chi connectivity index (χ3v) is 2.40. The van der Waals surface area contributed by atoms with Gasteiger partial charge in [0.05, 0.1) is 5.60 Å². The predicted octanol–water partition coefficient (Wildman–Crippen LogP) is 1.83. The molecule has 0 aromatic heterocycles. The molecule has 0 aromatic carbocycles. The average molecular weight is 168 g/mol. The van der Waals surface area contributed by atoms with Gasteiger partial charge in [-0.2, -0.15) is 0 Å². The Labute approximate surface area is 73.3 Å². The lowest BCUT2D eigenvalue weighted by molar-refractivity contribution is -0.122. The Kier molecular flexibility index (Phi) is 2.38. The first-order valence-electron chi connectivity index (χ1n) is 4.34. The van der Waals surface area contributed by atoms with Gasteiger partial charge in [0, 0.05) is 6.42 Å². The van der Waals surface area contributed by atoms with Crippen molar-refractivity contribution in [3.8, 4) is 0 Å². The van der Waals surface area contributed by atoms with E-state index in [4.69, 9.17) is 0 Å². The summed E-state index contributed by atoms with van der Waals surface area (Å²) in [6.45, 7) is 5.63. The molecule has 1 saturated carbocycles. The van der Waals surface area contributed by atoms with E-state index in [1.165, 1.54) is 0 Å². The quantitative estimate of drug-likeness (QED) is 0.560. The van der Waals surface area contributed by atoms with Gasteiger partial charge in [0.15, 0.2) is 5.78 Å². The zero-order valence-electron chi connectivity index (χ0n) is 7.98. The zero-order chi connectivity index (χ0) is 9.35. The van der Waals surface area contributed by atoms with Crippen molar-refractivity contribution in [1.82, 2.24) is 0 Å². The number of hydrogen-bond acceptors (Lipinski definition) is 2.